The van der Waals surface area contributed by atoms with Crippen LogP contribution in [0.3, 0.4) is 0 Å². The molecular weight excluding hydrogens is 265 g/mol. The summed E-state index contributed by atoms with van der Waals surface area (Å²) < 4.78 is 38.1. The van der Waals surface area contributed by atoms with Crippen molar-refractivity contribution >= 4 is 0 Å². The number of hydrogen-bond donors (Lipinski definition) is 1. The van der Waals surface area contributed by atoms with Gasteiger partial charge in [0.2, 0.25) is 0 Å². The molecule has 2 atom stereocenters. The zero-order chi connectivity index (χ0) is 15.0. The standard InChI is InChI=1S/C15H29F3N2/c1-3-9-19-13(2)7-4-5-10-20-11-6-8-14(12-20)15(16,17)18/h13-14,19H,3-12H2,1-2H3. The van der Waals surface area contributed by atoms with E-state index >= 15 is 0 Å². The van der Waals surface area contributed by atoms with E-state index in [1.807, 2.05) is 4.90 Å². The summed E-state index contributed by atoms with van der Waals surface area (Å²) in [5, 5.41) is 3.44. The summed E-state index contributed by atoms with van der Waals surface area (Å²) in [6, 6.07) is 0.513. The molecule has 0 saturated carbocycles. The van der Waals surface area contributed by atoms with Crippen LogP contribution in [0.1, 0.15) is 52.4 Å². The van der Waals surface area contributed by atoms with E-state index in [1.54, 1.807) is 0 Å². The highest BCUT2D eigenvalue weighted by Gasteiger charge is 2.41. The molecule has 20 heavy (non-hydrogen) atoms. The SMILES string of the molecule is CCCNC(C)CCCCN1CCCC(C(F)(F)F)C1. The third-order valence-corrected chi connectivity index (χ3v) is 4.07. The van der Waals surface area contributed by atoms with Crippen molar-refractivity contribution in [2.24, 2.45) is 5.92 Å². The summed E-state index contributed by atoms with van der Waals surface area (Å²) in [6.45, 7) is 7.21. The normalized spacial score (nSPS) is 22.9. The van der Waals surface area contributed by atoms with Gasteiger partial charge in [-0.05, 0) is 58.7 Å². The molecule has 0 radical (unpaired) electrons. The van der Waals surface area contributed by atoms with E-state index in [-0.39, 0.29) is 6.54 Å². The van der Waals surface area contributed by atoms with Crippen LogP contribution in [-0.4, -0.2) is 43.3 Å². The van der Waals surface area contributed by atoms with E-state index in [2.05, 4.69) is 19.2 Å². The third kappa shape index (κ3) is 6.93. The van der Waals surface area contributed by atoms with Gasteiger partial charge in [-0.2, -0.15) is 13.2 Å². The second kappa shape index (κ2) is 8.88. The largest absolute Gasteiger partial charge is 0.393 e. The first-order valence-corrected chi connectivity index (χ1v) is 7.96. The Hall–Kier alpha value is -0.290. The molecule has 1 fully saturated rings. The molecule has 0 bridgehead atoms. The smallest absolute Gasteiger partial charge is 0.314 e. The fraction of sp³-hybridized carbons (Fsp3) is 1.00. The minimum atomic E-state index is -4.02. The maximum Gasteiger partial charge on any atom is 0.393 e. The van der Waals surface area contributed by atoms with Crippen LogP contribution in [0.15, 0.2) is 0 Å². The summed E-state index contributed by atoms with van der Waals surface area (Å²) in [4.78, 5) is 1.99. The molecule has 0 aromatic heterocycles. The highest BCUT2D eigenvalue weighted by molar-refractivity contribution is 4.78. The van der Waals surface area contributed by atoms with Crippen LogP contribution in [0.2, 0.25) is 0 Å². The maximum atomic E-state index is 12.7. The molecule has 0 spiro atoms. The Morgan fingerprint density at radius 2 is 2.05 bits per heavy atom. The summed E-state index contributed by atoms with van der Waals surface area (Å²) >= 11 is 0. The lowest BCUT2D eigenvalue weighted by atomic mass is 9.97. The lowest BCUT2D eigenvalue weighted by molar-refractivity contribution is -0.186. The second-order valence-electron chi connectivity index (χ2n) is 6.03. The van der Waals surface area contributed by atoms with Crippen LogP contribution in [0.5, 0.6) is 0 Å². The quantitative estimate of drug-likeness (QED) is 0.685. The van der Waals surface area contributed by atoms with Gasteiger partial charge in [-0.15, -0.1) is 0 Å². The fourth-order valence-corrected chi connectivity index (χ4v) is 2.80. The number of nitrogens with one attached hydrogen (secondary N) is 1. The average Bonchev–Trinajstić information content (AvgIpc) is 2.41. The molecule has 1 aliphatic rings. The van der Waals surface area contributed by atoms with Gasteiger partial charge in [0.15, 0.2) is 0 Å². The van der Waals surface area contributed by atoms with Gasteiger partial charge in [0, 0.05) is 12.6 Å². The molecule has 1 rings (SSSR count). The summed E-state index contributed by atoms with van der Waals surface area (Å²) in [5.41, 5.74) is 0. The Morgan fingerprint density at radius 1 is 1.30 bits per heavy atom. The number of piperidine rings is 1. The number of hydrogen-bond acceptors (Lipinski definition) is 2. The maximum absolute atomic E-state index is 12.7. The van der Waals surface area contributed by atoms with Crippen LogP contribution in [-0.2, 0) is 0 Å². The van der Waals surface area contributed by atoms with Crippen molar-refractivity contribution in [1.29, 1.82) is 0 Å². The molecule has 5 heteroatoms. The van der Waals surface area contributed by atoms with Crippen LogP contribution in [0.4, 0.5) is 13.2 Å². The van der Waals surface area contributed by atoms with Crippen LogP contribution in [0, 0.1) is 5.92 Å². The predicted octanol–water partition coefficient (Wildman–Crippen LogP) is 3.82. The first-order chi connectivity index (χ1) is 9.43. The van der Waals surface area contributed by atoms with E-state index in [0.29, 0.717) is 18.9 Å². The molecule has 2 unspecified atom stereocenters. The van der Waals surface area contributed by atoms with Crippen LogP contribution < -0.4 is 5.32 Å². The van der Waals surface area contributed by atoms with Crippen LogP contribution >= 0.6 is 0 Å². The van der Waals surface area contributed by atoms with Crippen molar-refractivity contribution in [3.63, 3.8) is 0 Å². The molecule has 1 N–H and O–H groups in total. The zero-order valence-corrected chi connectivity index (χ0v) is 12.8. The van der Waals surface area contributed by atoms with E-state index < -0.39 is 12.1 Å². The van der Waals surface area contributed by atoms with Crippen LogP contribution in [0.25, 0.3) is 0 Å². The molecule has 2 nitrogen and oxygen atoms in total. The van der Waals surface area contributed by atoms with Crippen molar-refractivity contribution in [2.75, 3.05) is 26.2 Å². The molecule has 0 aromatic rings. The first-order valence-electron chi connectivity index (χ1n) is 7.96. The van der Waals surface area contributed by atoms with Gasteiger partial charge >= 0.3 is 6.18 Å². The van der Waals surface area contributed by atoms with E-state index in [4.69, 9.17) is 0 Å². The first kappa shape index (κ1) is 17.8. The van der Waals surface area contributed by atoms with Gasteiger partial charge in [-0.3, -0.25) is 0 Å². The van der Waals surface area contributed by atoms with Gasteiger partial charge in [0.25, 0.3) is 0 Å². The Bertz CT molecular complexity index is 256. The minimum absolute atomic E-state index is 0.202. The van der Waals surface area contributed by atoms with E-state index in [9.17, 15) is 13.2 Å². The summed E-state index contributed by atoms with van der Waals surface area (Å²) in [7, 11) is 0. The summed E-state index contributed by atoms with van der Waals surface area (Å²) in [5.74, 6) is -1.11. The van der Waals surface area contributed by atoms with Gasteiger partial charge in [-0.1, -0.05) is 13.3 Å². The average molecular weight is 294 g/mol. The van der Waals surface area contributed by atoms with E-state index in [0.717, 1.165) is 45.3 Å². The number of likely N-dealkylation sites (tertiary alicyclic amines) is 1. The third-order valence-electron chi connectivity index (χ3n) is 4.07. The highest BCUT2D eigenvalue weighted by atomic mass is 19.4. The topological polar surface area (TPSA) is 15.3 Å². The van der Waals surface area contributed by atoms with Crippen molar-refractivity contribution in [1.82, 2.24) is 10.2 Å². The number of nitrogens with zero attached hydrogens (tertiary/aromatic N) is 1. The molecule has 0 aromatic carbocycles. The Morgan fingerprint density at radius 3 is 2.70 bits per heavy atom. The lowest BCUT2D eigenvalue weighted by Crippen LogP contribution is -2.42. The zero-order valence-electron chi connectivity index (χ0n) is 12.8. The second-order valence-corrected chi connectivity index (χ2v) is 6.03. The number of unbranched alkanes of at least 4 members (excludes halogenated alkanes) is 1. The molecule has 0 aliphatic carbocycles. The number of rotatable bonds is 8. The monoisotopic (exact) mass is 294 g/mol. The highest BCUT2D eigenvalue weighted by Crippen LogP contribution is 2.33. The predicted molar refractivity (Wildman–Crippen MR) is 76.8 cm³/mol. The fourth-order valence-electron chi connectivity index (χ4n) is 2.80. The molecule has 120 valence electrons. The number of halogens is 3. The molecule has 0 amide bonds. The van der Waals surface area contributed by atoms with Crippen molar-refractivity contribution in [2.45, 2.75) is 64.6 Å². The molecular formula is C15H29F3N2. The lowest BCUT2D eigenvalue weighted by Gasteiger charge is -2.33. The Balaban J connectivity index is 2.12. The molecule has 1 aliphatic heterocycles. The van der Waals surface area contributed by atoms with Gasteiger partial charge in [0.1, 0.15) is 0 Å². The van der Waals surface area contributed by atoms with E-state index in [1.165, 1.54) is 0 Å². The minimum Gasteiger partial charge on any atom is -0.314 e. The Labute approximate surface area is 121 Å². The van der Waals surface area contributed by atoms with Crippen molar-refractivity contribution in [3.05, 3.63) is 0 Å². The van der Waals surface area contributed by atoms with Gasteiger partial charge < -0.3 is 10.2 Å². The Kier molecular flexibility index (Phi) is 7.88. The summed E-state index contributed by atoms with van der Waals surface area (Å²) in [6.07, 6.45) is 1.30. The van der Waals surface area contributed by atoms with Gasteiger partial charge in [-0.25, -0.2) is 0 Å². The van der Waals surface area contributed by atoms with Gasteiger partial charge in [0.05, 0.1) is 5.92 Å². The molecule has 1 saturated heterocycles. The van der Waals surface area contributed by atoms with Crippen molar-refractivity contribution < 1.29 is 13.2 Å². The van der Waals surface area contributed by atoms with Crippen molar-refractivity contribution in [3.8, 4) is 0 Å². The number of alkyl halides is 3. The molecule has 1 heterocycles.